The van der Waals surface area contributed by atoms with Crippen molar-refractivity contribution in [2.75, 3.05) is 33.2 Å². The van der Waals surface area contributed by atoms with E-state index in [-0.39, 0.29) is 25.0 Å². The summed E-state index contributed by atoms with van der Waals surface area (Å²) in [6, 6.07) is 0. The number of hydrogen-bond acceptors (Lipinski definition) is 6. The van der Waals surface area contributed by atoms with Gasteiger partial charge in [-0.05, 0) is 0 Å². The van der Waals surface area contributed by atoms with Crippen LogP contribution in [0.2, 0.25) is 0 Å². The second-order valence-electron chi connectivity index (χ2n) is 4.54. The summed E-state index contributed by atoms with van der Waals surface area (Å²) >= 11 is 0. The van der Waals surface area contributed by atoms with Crippen LogP contribution >= 0.6 is 0 Å². The van der Waals surface area contributed by atoms with Gasteiger partial charge in [0.15, 0.2) is 5.79 Å². The Balaban J connectivity index is 1.98. The molecule has 2 heterocycles. The summed E-state index contributed by atoms with van der Waals surface area (Å²) in [6.45, 7) is 2.04. The zero-order valence-corrected chi connectivity index (χ0v) is 9.55. The molecule has 0 radical (unpaired) electrons. The smallest absolute Gasteiger partial charge is 0.181 e. The van der Waals surface area contributed by atoms with Gasteiger partial charge < -0.3 is 28.5 Å². The average molecular weight is 244 g/mol. The van der Waals surface area contributed by atoms with Crippen LogP contribution in [-0.2, 0) is 28.5 Å². The molecule has 0 aliphatic carbocycles. The summed E-state index contributed by atoms with van der Waals surface area (Å²) < 4.78 is 21.6. The molecule has 6 nitrogen and oxygen atoms in total. The highest BCUT2D eigenvalue weighted by atomic mass is 16.7. The predicted octanol–water partition coefficient (Wildman–Crippen LogP) is -0.102. The molecule has 2 aliphatic rings. The van der Waals surface area contributed by atoms with Gasteiger partial charge in [-0.2, -0.15) is 0 Å². The first kappa shape index (κ1) is 12.6. The van der Waals surface area contributed by atoms with Crippen LogP contribution in [0.25, 0.3) is 0 Å². The zero-order chi connectivity index (χ0) is 12.2. The van der Waals surface area contributed by atoms with Crippen molar-refractivity contribution in [3.8, 4) is 0 Å². The maximum absolute atomic E-state index is 10.6. The number of ether oxygens (including phenoxy) is 4. The van der Waals surface area contributed by atoms with Crippen molar-refractivity contribution in [2.24, 2.45) is 5.41 Å². The fourth-order valence-electron chi connectivity index (χ4n) is 2.01. The molecule has 96 valence electrons. The molecule has 0 aromatic rings. The highest BCUT2D eigenvalue weighted by Crippen LogP contribution is 2.35. The molecule has 17 heavy (non-hydrogen) atoms. The molecule has 2 rings (SSSR count). The number of carbonyl (C=O) groups excluding carboxylic acids is 2. The summed E-state index contributed by atoms with van der Waals surface area (Å²) in [5.74, 6) is -1.09. The normalized spacial score (nSPS) is 26.6. The van der Waals surface area contributed by atoms with Crippen molar-refractivity contribution >= 4 is 12.6 Å². The lowest BCUT2D eigenvalue weighted by atomic mass is 9.90. The van der Waals surface area contributed by atoms with E-state index >= 15 is 0 Å². The first-order valence-electron chi connectivity index (χ1n) is 5.55. The lowest BCUT2D eigenvalue weighted by molar-refractivity contribution is -0.328. The van der Waals surface area contributed by atoms with Crippen molar-refractivity contribution in [1.29, 1.82) is 0 Å². The van der Waals surface area contributed by atoms with Gasteiger partial charge in [0.05, 0.1) is 44.7 Å². The molecular weight excluding hydrogens is 228 g/mol. The molecule has 0 atom stereocenters. The van der Waals surface area contributed by atoms with Crippen molar-refractivity contribution < 1.29 is 28.5 Å². The molecule has 1 spiro atoms. The molecule has 0 unspecified atom stereocenters. The SMILES string of the molecule is O=CCC1(CC=O)OCC2(COCOC2)CO1. The third-order valence-electron chi connectivity index (χ3n) is 3.05. The Labute approximate surface area is 99.2 Å². The molecule has 0 aromatic heterocycles. The molecule has 0 amide bonds. The molecular formula is C11H16O6. The number of rotatable bonds is 4. The maximum atomic E-state index is 10.6. The molecule has 6 heteroatoms. The predicted molar refractivity (Wildman–Crippen MR) is 55.2 cm³/mol. The van der Waals surface area contributed by atoms with E-state index in [1.54, 1.807) is 0 Å². The van der Waals surface area contributed by atoms with Gasteiger partial charge in [0.1, 0.15) is 19.4 Å². The molecule has 0 N–H and O–H groups in total. The van der Waals surface area contributed by atoms with E-state index in [4.69, 9.17) is 18.9 Å². The van der Waals surface area contributed by atoms with Crippen LogP contribution < -0.4 is 0 Å². The fourth-order valence-corrected chi connectivity index (χ4v) is 2.01. The number of carbonyl (C=O) groups is 2. The Bertz CT molecular complexity index is 262. The van der Waals surface area contributed by atoms with E-state index in [9.17, 15) is 9.59 Å². The van der Waals surface area contributed by atoms with Gasteiger partial charge in [-0.3, -0.25) is 0 Å². The number of aldehydes is 2. The molecule has 2 aliphatic heterocycles. The van der Waals surface area contributed by atoms with Crippen LogP contribution in [-0.4, -0.2) is 51.6 Å². The Morgan fingerprint density at radius 2 is 1.41 bits per heavy atom. The Kier molecular flexibility index (Phi) is 3.88. The molecule has 2 saturated heterocycles. The highest BCUT2D eigenvalue weighted by molar-refractivity contribution is 5.56. The van der Waals surface area contributed by atoms with Gasteiger partial charge in [-0.1, -0.05) is 0 Å². The van der Waals surface area contributed by atoms with E-state index in [1.807, 2.05) is 0 Å². The minimum atomic E-state index is -1.09. The van der Waals surface area contributed by atoms with E-state index in [2.05, 4.69) is 0 Å². The Morgan fingerprint density at radius 3 is 1.88 bits per heavy atom. The van der Waals surface area contributed by atoms with Crippen LogP contribution in [0, 0.1) is 5.41 Å². The Hall–Kier alpha value is -0.820. The minimum Gasteiger partial charge on any atom is -0.355 e. The van der Waals surface area contributed by atoms with Crippen LogP contribution in [0.5, 0.6) is 0 Å². The summed E-state index contributed by atoms with van der Waals surface area (Å²) in [4.78, 5) is 21.2. The van der Waals surface area contributed by atoms with E-state index in [0.29, 0.717) is 39.0 Å². The summed E-state index contributed by atoms with van der Waals surface area (Å²) in [6.07, 6.45) is 1.53. The van der Waals surface area contributed by atoms with Crippen LogP contribution in [0.15, 0.2) is 0 Å². The standard InChI is InChI=1S/C11H16O6/c12-3-1-11(2-4-13)16-7-10(8-17-11)5-14-9-15-6-10/h3-4H,1-2,5-9H2. The largest absolute Gasteiger partial charge is 0.355 e. The van der Waals surface area contributed by atoms with Gasteiger partial charge in [-0.25, -0.2) is 0 Å². The van der Waals surface area contributed by atoms with Gasteiger partial charge in [0, 0.05) is 0 Å². The Morgan fingerprint density at radius 1 is 0.882 bits per heavy atom. The van der Waals surface area contributed by atoms with Crippen LogP contribution in [0.4, 0.5) is 0 Å². The summed E-state index contributed by atoms with van der Waals surface area (Å²) in [5.41, 5.74) is -0.312. The van der Waals surface area contributed by atoms with Gasteiger partial charge >= 0.3 is 0 Å². The van der Waals surface area contributed by atoms with Crippen molar-refractivity contribution in [3.05, 3.63) is 0 Å². The number of hydrogen-bond donors (Lipinski definition) is 0. The quantitative estimate of drug-likeness (QED) is 0.643. The monoisotopic (exact) mass is 244 g/mol. The maximum Gasteiger partial charge on any atom is 0.181 e. The van der Waals surface area contributed by atoms with Crippen LogP contribution in [0.3, 0.4) is 0 Å². The molecule has 0 aromatic carbocycles. The van der Waals surface area contributed by atoms with Crippen LogP contribution in [0.1, 0.15) is 12.8 Å². The molecule has 2 fully saturated rings. The third-order valence-corrected chi connectivity index (χ3v) is 3.05. The summed E-state index contributed by atoms with van der Waals surface area (Å²) in [5, 5.41) is 0. The van der Waals surface area contributed by atoms with Crippen molar-refractivity contribution in [2.45, 2.75) is 18.6 Å². The highest BCUT2D eigenvalue weighted by Gasteiger charge is 2.46. The van der Waals surface area contributed by atoms with Gasteiger partial charge in [-0.15, -0.1) is 0 Å². The van der Waals surface area contributed by atoms with E-state index < -0.39 is 5.79 Å². The summed E-state index contributed by atoms with van der Waals surface area (Å²) in [7, 11) is 0. The first-order chi connectivity index (χ1) is 8.24. The van der Waals surface area contributed by atoms with E-state index in [1.165, 1.54) is 0 Å². The molecule has 0 saturated carbocycles. The average Bonchev–Trinajstić information content (AvgIpc) is 2.36. The second kappa shape index (κ2) is 5.22. The van der Waals surface area contributed by atoms with Crippen molar-refractivity contribution in [1.82, 2.24) is 0 Å². The lowest BCUT2D eigenvalue weighted by Crippen LogP contribution is -2.55. The van der Waals surface area contributed by atoms with E-state index in [0.717, 1.165) is 0 Å². The van der Waals surface area contributed by atoms with Gasteiger partial charge in [0.2, 0.25) is 0 Å². The lowest BCUT2D eigenvalue weighted by Gasteiger charge is -2.46. The van der Waals surface area contributed by atoms with Crippen molar-refractivity contribution in [3.63, 3.8) is 0 Å². The second-order valence-corrected chi connectivity index (χ2v) is 4.54. The third kappa shape index (κ3) is 2.71. The fraction of sp³-hybridized carbons (Fsp3) is 0.818. The minimum absolute atomic E-state index is 0.0591. The molecule has 0 bridgehead atoms. The van der Waals surface area contributed by atoms with Gasteiger partial charge in [0.25, 0.3) is 0 Å². The first-order valence-corrected chi connectivity index (χ1v) is 5.55. The zero-order valence-electron chi connectivity index (χ0n) is 9.55. The topological polar surface area (TPSA) is 71.1 Å².